The number of pyridine rings is 1. The fourth-order valence-corrected chi connectivity index (χ4v) is 3.06. The normalized spacial score (nSPS) is 19.2. The van der Waals surface area contributed by atoms with E-state index in [1.165, 1.54) is 0 Å². The zero-order valence-electron chi connectivity index (χ0n) is 9.89. The summed E-state index contributed by atoms with van der Waals surface area (Å²) in [6.45, 7) is 1.88. The summed E-state index contributed by atoms with van der Waals surface area (Å²) in [6.07, 6.45) is 1.83. The van der Waals surface area contributed by atoms with Crippen molar-refractivity contribution >= 4 is 15.7 Å². The van der Waals surface area contributed by atoms with E-state index < -0.39 is 9.84 Å². The molecule has 1 aliphatic rings. The third-order valence-corrected chi connectivity index (χ3v) is 4.47. The van der Waals surface area contributed by atoms with Gasteiger partial charge in [0.25, 0.3) is 0 Å². The molecule has 0 aromatic carbocycles. The molecule has 2 heterocycles. The topological polar surface area (TPSA) is 62.3 Å². The van der Waals surface area contributed by atoms with Crippen LogP contribution in [0.2, 0.25) is 0 Å². The number of nitrogens with zero attached hydrogens (tertiary/aromatic N) is 2. The molecule has 0 unspecified atom stereocenters. The average molecular weight is 255 g/mol. The number of rotatable bonds is 3. The van der Waals surface area contributed by atoms with E-state index in [0.717, 1.165) is 17.9 Å². The number of anilines is 1. The molecule has 1 saturated heterocycles. The highest BCUT2D eigenvalue weighted by molar-refractivity contribution is 7.91. The van der Waals surface area contributed by atoms with Gasteiger partial charge in [-0.05, 0) is 18.7 Å². The summed E-state index contributed by atoms with van der Waals surface area (Å²) in [5.41, 5.74) is 1.13. The summed E-state index contributed by atoms with van der Waals surface area (Å²) in [7, 11) is -0.928. The summed E-state index contributed by atoms with van der Waals surface area (Å²) >= 11 is 0. The third kappa shape index (κ3) is 3.17. The average Bonchev–Trinajstić information content (AvgIpc) is 2.31. The van der Waals surface area contributed by atoms with Crippen molar-refractivity contribution in [3.63, 3.8) is 0 Å². The lowest BCUT2D eigenvalue weighted by Gasteiger charge is -2.27. The fraction of sp³-hybridized carbons (Fsp3) is 0.545. The van der Waals surface area contributed by atoms with Crippen LogP contribution in [0.5, 0.6) is 0 Å². The smallest absolute Gasteiger partial charge is 0.153 e. The van der Waals surface area contributed by atoms with Gasteiger partial charge in [-0.1, -0.05) is 6.07 Å². The first-order chi connectivity index (χ1) is 8.11. The van der Waals surface area contributed by atoms with E-state index in [0.29, 0.717) is 13.1 Å². The summed E-state index contributed by atoms with van der Waals surface area (Å²) in [6, 6.07) is 3.96. The summed E-state index contributed by atoms with van der Waals surface area (Å²) in [5.74, 6) is 1.32. The first-order valence-electron chi connectivity index (χ1n) is 5.66. The van der Waals surface area contributed by atoms with Crippen LogP contribution in [0.4, 0.5) is 5.82 Å². The zero-order chi connectivity index (χ0) is 12.3. The third-order valence-electron chi connectivity index (χ3n) is 2.86. The van der Waals surface area contributed by atoms with E-state index in [1.807, 2.05) is 30.3 Å². The minimum absolute atomic E-state index is 0.229. The molecule has 17 heavy (non-hydrogen) atoms. The second-order valence-corrected chi connectivity index (χ2v) is 6.50. The molecule has 1 aromatic heterocycles. The lowest BCUT2D eigenvalue weighted by Crippen LogP contribution is -2.40. The number of hydrogen-bond donors (Lipinski definition) is 1. The van der Waals surface area contributed by atoms with Gasteiger partial charge in [-0.25, -0.2) is 13.4 Å². The Morgan fingerprint density at radius 1 is 1.35 bits per heavy atom. The molecule has 1 N–H and O–H groups in total. The second-order valence-electron chi connectivity index (χ2n) is 4.19. The van der Waals surface area contributed by atoms with Gasteiger partial charge >= 0.3 is 0 Å². The molecular weight excluding hydrogens is 238 g/mol. The SMILES string of the molecule is CNCc1ccc(N2CCS(=O)(=O)CC2)nc1. The van der Waals surface area contributed by atoms with Crippen LogP contribution in [0.3, 0.4) is 0 Å². The molecule has 0 spiro atoms. The van der Waals surface area contributed by atoms with Crippen LogP contribution in [0.25, 0.3) is 0 Å². The van der Waals surface area contributed by atoms with Crippen LogP contribution in [0, 0.1) is 0 Å². The monoisotopic (exact) mass is 255 g/mol. The van der Waals surface area contributed by atoms with Crippen molar-refractivity contribution in [1.82, 2.24) is 10.3 Å². The first-order valence-corrected chi connectivity index (χ1v) is 7.48. The zero-order valence-corrected chi connectivity index (χ0v) is 10.7. The van der Waals surface area contributed by atoms with Crippen molar-refractivity contribution in [2.45, 2.75) is 6.54 Å². The summed E-state index contributed by atoms with van der Waals surface area (Å²) in [5, 5.41) is 3.06. The lowest BCUT2D eigenvalue weighted by atomic mass is 10.3. The molecule has 0 aliphatic carbocycles. The largest absolute Gasteiger partial charge is 0.355 e. The van der Waals surface area contributed by atoms with Gasteiger partial charge in [0.05, 0.1) is 11.5 Å². The minimum atomic E-state index is -2.82. The van der Waals surface area contributed by atoms with Crippen LogP contribution >= 0.6 is 0 Å². The van der Waals surface area contributed by atoms with Crippen molar-refractivity contribution in [3.05, 3.63) is 23.9 Å². The predicted octanol–water partition coefficient (Wildman–Crippen LogP) is 0.0358. The molecule has 1 fully saturated rings. The first kappa shape index (κ1) is 12.3. The van der Waals surface area contributed by atoms with E-state index in [1.54, 1.807) is 0 Å². The standard InChI is InChI=1S/C11H17N3O2S/c1-12-8-10-2-3-11(13-9-10)14-4-6-17(15,16)7-5-14/h2-3,9,12H,4-8H2,1H3. The molecule has 0 amide bonds. The number of sulfone groups is 1. The fourth-order valence-electron chi connectivity index (χ4n) is 1.85. The molecular formula is C11H17N3O2S. The molecule has 2 rings (SSSR count). The van der Waals surface area contributed by atoms with E-state index in [2.05, 4.69) is 10.3 Å². The Bertz CT molecular complexity index is 456. The Morgan fingerprint density at radius 3 is 2.59 bits per heavy atom. The van der Waals surface area contributed by atoms with E-state index in [4.69, 9.17) is 0 Å². The summed E-state index contributed by atoms with van der Waals surface area (Å²) < 4.78 is 22.6. The Kier molecular flexibility index (Phi) is 3.63. The number of aromatic nitrogens is 1. The molecule has 5 nitrogen and oxygen atoms in total. The molecule has 0 saturated carbocycles. The Hall–Kier alpha value is -1.14. The van der Waals surface area contributed by atoms with Crippen molar-refractivity contribution in [2.24, 2.45) is 0 Å². The van der Waals surface area contributed by atoms with Gasteiger partial charge in [-0.2, -0.15) is 0 Å². The molecule has 1 aromatic rings. The van der Waals surface area contributed by atoms with Gasteiger partial charge in [0.2, 0.25) is 0 Å². The maximum atomic E-state index is 11.3. The van der Waals surface area contributed by atoms with Crippen molar-refractivity contribution < 1.29 is 8.42 Å². The van der Waals surface area contributed by atoms with Crippen LogP contribution in [-0.4, -0.2) is 45.0 Å². The van der Waals surface area contributed by atoms with Crippen LogP contribution in [0.1, 0.15) is 5.56 Å². The van der Waals surface area contributed by atoms with Crippen LogP contribution < -0.4 is 10.2 Å². The molecule has 1 aliphatic heterocycles. The van der Waals surface area contributed by atoms with Crippen LogP contribution in [-0.2, 0) is 16.4 Å². The van der Waals surface area contributed by atoms with Gasteiger partial charge in [0.1, 0.15) is 5.82 Å². The second kappa shape index (κ2) is 5.01. The maximum Gasteiger partial charge on any atom is 0.153 e. The Morgan fingerprint density at radius 2 is 2.06 bits per heavy atom. The highest BCUT2D eigenvalue weighted by Gasteiger charge is 2.22. The number of nitrogens with one attached hydrogen (secondary N) is 1. The quantitative estimate of drug-likeness (QED) is 0.826. The molecule has 0 bridgehead atoms. The highest BCUT2D eigenvalue weighted by Crippen LogP contribution is 2.14. The Balaban J connectivity index is 2.03. The van der Waals surface area contributed by atoms with E-state index in [9.17, 15) is 8.42 Å². The Labute approximate surface area is 102 Å². The molecule has 94 valence electrons. The van der Waals surface area contributed by atoms with Crippen molar-refractivity contribution in [1.29, 1.82) is 0 Å². The maximum absolute atomic E-state index is 11.3. The van der Waals surface area contributed by atoms with Crippen molar-refractivity contribution in [3.8, 4) is 0 Å². The van der Waals surface area contributed by atoms with Crippen molar-refractivity contribution in [2.75, 3.05) is 36.5 Å². The summed E-state index contributed by atoms with van der Waals surface area (Å²) in [4.78, 5) is 6.38. The van der Waals surface area contributed by atoms with Gasteiger partial charge in [0.15, 0.2) is 9.84 Å². The predicted molar refractivity (Wildman–Crippen MR) is 67.9 cm³/mol. The van der Waals surface area contributed by atoms with Gasteiger partial charge in [0, 0.05) is 25.8 Å². The van der Waals surface area contributed by atoms with Gasteiger partial charge in [-0.3, -0.25) is 0 Å². The minimum Gasteiger partial charge on any atom is -0.355 e. The van der Waals surface area contributed by atoms with Gasteiger partial charge in [-0.15, -0.1) is 0 Å². The van der Waals surface area contributed by atoms with E-state index >= 15 is 0 Å². The molecule has 0 radical (unpaired) electrons. The lowest BCUT2D eigenvalue weighted by molar-refractivity contribution is 0.586. The van der Waals surface area contributed by atoms with E-state index in [-0.39, 0.29) is 11.5 Å². The number of hydrogen-bond acceptors (Lipinski definition) is 5. The van der Waals surface area contributed by atoms with Gasteiger partial charge < -0.3 is 10.2 Å². The molecule has 0 atom stereocenters. The molecule has 6 heteroatoms. The highest BCUT2D eigenvalue weighted by atomic mass is 32.2. The van der Waals surface area contributed by atoms with Crippen LogP contribution in [0.15, 0.2) is 18.3 Å².